The highest BCUT2D eigenvalue weighted by atomic mass is 16.2. The van der Waals surface area contributed by atoms with Gasteiger partial charge >= 0.3 is 0 Å². The van der Waals surface area contributed by atoms with Crippen molar-refractivity contribution in [1.82, 2.24) is 9.80 Å². The summed E-state index contributed by atoms with van der Waals surface area (Å²) in [6, 6.07) is 35.8. The number of fused-ring (bicyclic) bond motifs is 1. The van der Waals surface area contributed by atoms with Crippen LogP contribution in [0.2, 0.25) is 0 Å². The van der Waals surface area contributed by atoms with Gasteiger partial charge in [-0.25, -0.2) is 0 Å². The largest absolute Gasteiger partial charge is 0.334 e. The Balaban J connectivity index is 1.32. The second-order valence-corrected chi connectivity index (χ2v) is 9.38. The Hall–Kier alpha value is -3.43. The lowest BCUT2D eigenvalue weighted by molar-refractivity contribution is -0.138. The van der Waals surface area contributed by atoms with Crippen LogP contribution in [0.25, 0.3) is 10.8 Å². The molecule has 3 heteroatoms. The molecule has 0 N–H and O–H groups in total. The highest BCUT2D eigenvalue weighted by Crippen LogP contribution is 2.25. The minimum Gasteiger partial charge on any atom is -0.334 e. The topological polar surface area (TPSA) is 23.6 Å². The minimum absolute atomic E-state index is 0.0381. The Kier molecular flexibility index (Phi) is 7.02. The summed E-state index contributed by atoms with van der Waals surface area (Å²) in [4.78, 5) is 18.3. The number of rotatable bonds is 7. The summed E-state index contributed by atoms with van der Waals surface area (Å²) >= 11 is 0. The lowest BCUT2D eigenvalue weighted by Crippen LogP contribution is -2.44. The van der Waals surface area contributed by atoms with Gasteiger partial charge in [0.15, 0.2) is 0 Å². The van der Waals surface area contributed by atoms with E-state index in [0.29, 0.717) is 13.1 Å². The van der Waals surface area contributed by atoms with Crippen LogP contribution in [0.5, 0.6) is 0 Å². The maximum Gasteiger partial charge on any atom is 0.227 e. The fourth-order valence-electron chi connectivity index (χ4n) is 5.15. The molecule has 1 unspecified atom stereocenters. The molecule has 172 valence electrons. The molecule has 0 spiro atoms. The summed E-state index contributed by atoms with van der Waals surface area (Å²) in [5.74, 6) is 0.312. The van der Waals surface area contributed by atoms with Crippen LogP contribution in [0.4, 0.5) is 0 Å². The number of likely N-dealkylation sites (tertiary alicyclic amines) is 1. The number of nitrogens with zero attached hydrogens (tertiary/aromatic N) is 2. The van der Waals surface area contributed by atoms with E-state index in [-0.39, 0.29) is 11.8 Å². The molecule has 1 saturated heterocycles. The van der Waals surface area contributed by atoms with E-state index >= 15 is 0 Å². The molecule has 1 aliphatic heterocycles. The Bertz CT molecular complexity index is 1180. The van der Waals surface area contributed by atoms with Crippen molar-refractivity contribution in [2.45, 2.75) is 32.5 Å². The normalized spacial score (nSPS) is 16.4. The van der Waals surface area contributed by atoms with Crippen molar-refractivity contribution in [2.24, 2.45) is 5.92 Å². The third-order valence-corrected chi connectivity index (χ3v) is 6.87. The van der Waals surface area contributed by atoms with Crippen LogP contribution in [-0.4, -0.2) is 28.8 Å². The zero-order chi connectivity index (χ0) is 23.2. The van der Waals surface area contributed by atoms with Crippen LogP contribution in [0.15, 0.2) is 103 Å². The first-order chi connectivity index (χ1) is 16.8. The van der Waals surface area contributed by atoms with E-state index < -0.39 is 0 Å². The number of amides is 1. The summed E-state index contributed by atoms with van der Waals surface area (Å²) in [5, 5.41) is 2.59. The van der Waals surface area contributed by atoms with E-state index in [1.54, 1.807) is 0 Å². The van der Waals surface area contributed by atoms with Crippen molar-refractivity contribution in [3.05, 3.63) is 120 Å². The van der Waals surface area contributed by atoms with E-state index in [0.717, 1.165) is 32.5 Å². The summed E-state index contributed by atoms with van der Waals surface area (Å²) in [6.07, 6.45) is 2.02. The first-order valence-corrected chi connectivity index (χ1v) is 12.3. The Morgan fingerprint density at radius 3 is 2.09 bits per heavy atom. The van der Waals surface area contributed by atoms with Gasteiger partial charge in [-0.2, -0.15) is 0 Å². The summed E-state index contributed by atoms with van der Waals surface area (Å²) in [6.45, 7) is 4.05. The number of piperidine rings is 1. The van der Waals surface area contributed by atoms with Crippen LogP contribution in [0.3, 0.4) is 0 Å². The predicted octanol–water partition coefficient (Wildman–Crippen LogP) is 6.28. The van der Waals surface area contributed by atoms with Crippen LogP contribution in [-0.2, 0) is 24.4 Å². The number of carbonyl (C=O) groups is 1. The second-order valence-electron chi connectivity index (χ2n) is 9.38. The lowest BCUT2D eigenvalue weighted by Gasteiger charge is -2.35. The minimum atomic E-state index is 0.0381. The van der Waals surface area contributed by atoms with Crippen molar-refractivity contribution in [3.63, 3.8) is 0 Å². The van der Waals surface area contributed by atoms with Crippen LogP contribution in [0.1, 0.15) is 29.5 Å². The number of carbonyl (C=O) groups excluding carboxylic acids is 1. The first kappa shape index (κ1) is 22.4. The molecule has 1 aliphatic rings. The number of hydrogen-bond donors (Lipinski definition) is 0. The molecule has 1 fully saturated rings. The van der Waals surface area contributed by atoms with E-state index in [9.17, 15) is 4.79 Å². The fourth-order valence-corrected chi connectivity index (χ4v) is 5.15. The van der Waals surface area contributed by atoms with Gasteiger partial charge in [0.2, 0.25) is 5.91 Å². The molecule has 3 nitrogen and oxygen atoms in total. The van der Waals surface area contributed by atoms with Crippen LogP contribution >= 0.6 is 0 Å². The molecule has 0 saturated carbocycles. The molecule has 4 aromatic carbocycles. The second kappa shape index (κ2) is 10.7. The van der Waals surface area contributed by atoms with E-state index in [1.807, 2.05) is 36.4 Å². The van der Waals surface area contributed by atoms with Gasteiger partial charge < -0.3 is 4.90 Å². The predicted molar refractivity (Wildman–Crippen MR) is 139 cm³/mol. The van der Waals surface area contributed by atoms with Crippen LogP contribution < -0.4 is 0 Å². The number of hydrogen-bond acceptors (Lipinski definition) is 2. The Morgan fingerprint density at radius 2 is 1.38 bits per heavy atom. The molecular formula is C31H32N2O. The smallest absolute Gasteiger partial charge is 0.227 e. The number of benzene rings is 4. The molecule has 1 amide bonds. The Morgan fingerprint density at radius 1 is 0.765 bits per heavy atom. The molecule has 0 aromatic heterocycles. The lowest BCUT2D eigenvalue weighted by atomic mass is 9.95. The molecule has 34 heavy (non-hydrogen) atoms. The van der Waals surface area contributed by atoms with Crippen molar-refractivity contribution in [3.8, 4) is 0 Å². The van der Waals surface area contributed by atoms with E-state index in [2.05, 4.69) is 76.5 Å². The highest BCUT2D eigenvalue weighted by molar-refractivity contribution is 5.85. The zero-order valence-electron chi connectivity index (χ0n) is 19.6. The molecule has 1 heterocycles. The van der Waals surface area contributed by atoms with Gasteiger partial charge in [-0.15, -0.1) is 0 Å². The zero-order valence-corrected chi connectivity index (χ0v) is 19.6. The monoisotopic (exact) mass is 448 g/mol. The standard InChI is InChI=1S/C31H32N2O/c34-31(33(21-25-11-3-1-4-12-25)22-26-13-5-2-6-14-26)29-18-10-20-32(24-29)23-28-17-9-16-27-15-7-8-19-30(27)28/h1-9,11-17,19,29H,10,18,20-24H2. The van der Waals surface area contributed by atoms with E-state index in [4.69, 9.17) is 0 Å². The third kappa shape index (κ3) is 5.37. The molecular weight excluding hydrogens is 416 g/mol. The maximum absolute atomic E-state index is 13.8. The molecule has 5 rings (SSSR count). The molecule has 0 aliphatic carbocycles. The van der Waals surface area contributed by atoms with Gasteiger partial charge in [0, 0.05) is 26.2 Å². The summed E-state index contributed by atoms with van der Waals surface area (Å²) in [5.41, 5.74) is 3.70. The molecule has 1 atom stereocenters. The molecule has 4 aromatic rings. The van der Waals surface area contributed by atoms with Crippen molar-refractivity contribution >= 4 is 16.7 Å². The Labute approximate surface area is 202 Å². The van der Waals surface area contributed by atoms with Gasteiger partial charge in [0.25, 0.3) is 0 Å². The van der Waals surface area contributed by atoms with Gasteiger partial charge in [-0.05, 0) is 46.8 Å². The van der Waals surface area contributed by atoms with Gasteiger partial charge in [-0.1, -0.05) is 103 Å². The van der Waals surface area contributed by atoms with Gasteiger partial charge in [0.1, 0.15) is 0 Å². The maximum atomic E-state index is 13.8. The average molecular weight is 449 g/mol. The SMILES string of the molecule is O=C(C1CCCN(Cc2cccc3ccccc23)C1)N(Cc1ccccc1)Cc1ccccc1. The highest BCUT2D eigenvalue weighted by Gasteiger charge is 2.29. The average Bonchev–Trinajstić information content (AvgIpc) is 2.89. The van der Waals surface area contributed by atoms with E-state index in [1.165, 1.54) is 27.5 Å². The van der Waals surface area contributed by atoms with Crippen LogP contribution in [0, 0.1) is 5.92 Å². The van der Waals surface area contributed by atoms with Gasteiger partial charge in [-0.3, -0.25) is 9.69 Å². The first-order valence-electron chi connectivity index (χ1n) is 12.3. The quantitative estimate of drug-likeness (QED) is 0.332. The van der Waals surface area contributed by atoms with Gasteiger partial charge in [0.05, 0.1) is 5.92 Å². The summed E-state index contributed by atoms with van der Waals surface area (Å²) < 4.78 is 0. The molecule has 0 bridgehead atoms. The van der Waals surface area contributed by atoms with Crippen molar-refractivity contribution in [1.29, 1.82) is 0 Å². The third-order valence-electron chi connectivity index (χ3n) is 6.87. The van der Waals surface area contributed by atoms with Crippen molar-refractivity contribution in [2.75, 3.05) is 13.1 Å². The van der Waals surface area contributed by atoms with Crippen molar-refractivity contribution < 1.29 is 4.79 Å². The summed E-state index contributed by atoms with van der Waals surface area (Å²) in [7, 11) is 0. The fraction of sp³-hybridized carbons (Fsp3) is 0.258. The molecule has 0 radical (unpaired) electrons.